The number of imidazole rings is 1. The van der Waals surface area contributed by atoms with E-state index < -0.39 is 11.2 Å². The molecule has 160 valence electrons. The van der Waals surface area contributed by atoms with Crippen molar-refractivity contribution in [2.45, 2.75) is 42.7 Å². The monoisotopic (exact) mass is 452 g/mol. The number of hydrogen-bond acceptors (Lipinski definition) is 7. The topological polar surface area (TPSA) is 106 Å². The van der Waals surface area contributed by atoms with E-state index in [1.54, 1.807) is 12.4 Å². The van der Waals surface area contributed by atoms with Crippen LogP contribution in [0.1, 0.15) is 44.3 Å². The Bertz CT molecular complexity index is 1230. The van der Waals surface area contributed by atoms with Gasteiger partial charge in [0.25, 0.3) is 0 Å². The molecule has 9 heteroatoms. The first-order valence-corrected chi connectivity index (χ1v) is 12.6. The first kappa shape index (κ1) is 20.4. The number of nitrogens with two attached hydrogens (primary N) is 1. The highest BCUT2D eigenvalue weighted by molar-refractivity contribution is 7.93. The van der Waals surface area contributed by atoms with E-state index in [2.05, 4.69) is 28.5 Å². The molecule has 0 aromatic carbocycles. The van der Waals surface area contributed by atoms with Crippen molar-refractivity contribution in [3.8, 4) is 22.5 Å². The summed E-state index contributed by atoms with van der Waals surface area (Å²) in [4.78, 5) is 18.6. The summed E-state index contributed by atoms with van der Waals surface area (Å²) in [6, 6.07) is 2.02. The molecule has 0 saturated heterocycles. The molecule has 1 atom stereocenters. The number of aromatic nitrogens is 5. The van der Waals surface area contributed by atoms with Crippen molar-refractivity contribution in [1.29, 1.82) is 0 Å². The number of fused-ring (bicyclic) bond motifs is 1. The number of pyridine rings is 1. The zero-order valence-corrected chi connectivity index (χ0v) is 19.2. The highest BCUT2D eigenvalue weighted by Gasteiger charge is 2.30. The van der Waals surface area contributed by atoms with Crippen LogP contribution in [-0.2, 0) is 18.2 Å². The van der Waals surface area contributed by atoms with Crippen LogP contribution >= 0.6 is 11.3 Å². The third-order valence-electron chi connectivity index (χ3n) is 5.65. The minimum Gasteiger partial charge on any atom is -0.611 e. The van der Waals surface area contributed by atoms with Crippen LogP contribution in [0.15, 0.2) is 35.2 Å². The Balaban J connectivity index is 1.72. The second-order valence-corrected chi connectivity index (χ2v) is 10.7. The maximum absolute atomic E-state index is 12.9. The van der Waals surface area contributed by atoms with Crippen molar-refractivity contribution in [2.24, 2.45) is 7.05 Å². The highest BCUT2D eigenvalue weighted by Crippen LogP contribution is 2.45. The second-order valence-electron chi connectivity index (χ2n) is 7.90. The molecule has 7 nitrogen and oxygen atoms in total. The average molecular weight is 453 g/mol. The summed E-state index contributed by atoms with van der Waals surface area (Å²) in [7, 11) is 2.05. The lowest BCUT2D eigenvalue weighted by atomic mass is 10.1. The standard InChI is InChI=1S/C22H24N6OS2/c1-3-4-7-31(29)22-19(23)18-15(17-11-26-20(28(17)2)13-5-6-13)8-16(27-21(18)30-22)14-9-24-12-25-10-14/h8-13H,3-7,23H2,1-2H3. The number of anilines is 1. The fraction of sp³-hybridized carbons (Fsp3) is 0.364. The van der Waals surface area contributed by atoms with Gasteiger partial charge in [-0.15, -0.1) is 0 Å². The van der Waals surface area contributed by atoms with Crippen LogP contribution in [0.3, 0.4) is 0 Å². The van der Waals surface area contributed by atoms with Gasteiger partial charge in [0, 0.05) is 41.9 Å². The first-order valence-electron chi connectivity index (χ1n) is 10.5. The van der Waals surface area contributed by atoms with Crippen LogP contribution in [0.4, 0.5) is 5.69 Å². The van der Waals surface area contributed by atoms with E-state index >= 15 is 0 Å². The van der Waals surface area contributed by atoms with Gasteiger partial charge in [-0.2, -0.15) is 0 Å². The lowest BCUT2D eigenvalue weighted by Crippen LogP contribution is -2.07. The Morgan fingerprint density at radius 1 is 1.26 bits per heavy atom. The number of nitrogens with zero attached hydrogens (tertiary/aromatic N) is 5. The van der Waals surface area contributed by atoms with E-state index in [0.29, 0.717) is 21.6 Å². The van der Waals surface area contributed by atoms with Gasteiger partial charge in [0.1, 0.15) is 28.4 Å². The lowest BCUT2D eigenvalue weighted by Gasteiger charge is -2.10. The van der Waals surface area contributed by atoms with Crippen LogP contribution in [0.5, 0.6) is 0 Å². The van der Waals surface area contributed by atoms with Crippen molar-refractivity contribution in [2.75, 3.05) is 11.5 Å². The molecule has 1 aliphatic carbocycles. The number of rotatable bonds is 7. The summed E-state index contributed by atoms with van der Waals surface area (Å²) >= 11 is 0.290. The van der Waals surface area contributed by atoms with Gasteiger partial charge in [-0.1, -0.05) is 24.7 Å². The fourth-order valence-electron chi connectivity index (χ4n) is 3.81. The summed E-state index contributed by atoms with van der Waals surface area (Å²) in [5.41, 5.74) is 10.7. The average Bonchev–Trinajstić information content (AvgIpc) is 3.48. The normalized spacial score (nSPS) is 14.9. The lowest BCUT2D eigenvalue weighted by molar-refractivity contribution is 0.594. The van der Waals surface area contributed by atoms with Gasteiger partial charge < -0.3 is 14.9 Å². The zero-order chi connectivity index (χ0) is 21.5. The number of hydrogen-bond donors (Lipinski definition) is 1. The van der Waals surface area contributed by atoms with Crippen LogP contribution in [0.2, 0.25) is 0 Å². The molecule has 4 heterocycles. The molecule has 5 rings (SSSR count). The largest absolute Gasteiger partial charge is 0.611 e. The van der Waals surface area contributed by atoms with E-state index in [9.17, 15) is 4.55 Å². The van der Waals surface area contributed by atoms with Crippen LogP contribution in [-0.4, -0.2) is 34.8 Å². The van der Waals surface area contributed by atoms with Gasteiger partial charge >= 0.3 is 0 Å². The summed E-state index contributed by atoms with van der Waals surface area (Å²) in [5, 5.41) is 0.857. The molecule has 1 unspecified atom stereocenters. The molecule has 0 aliphatic heterocycles. The van der Waals surface area contributed by atoms with E-state index in [0.717, 1.165) is 51.4 Å². The Morgan fingerprint density at radius 3 is 2.74 bits per heavy atom. The number of thiophene rings is 1. The molecule has 2 N–H and O–H groups in total. The molecule has 4 aromatic heterocycles. The van der Waals surface area contributed by atoms with Crippen LogP contribution < -0.4 is 5.73 Å². The Morgan fingerprint density at radius 2 is 2.03 bits per heavy atom. The molecular weight excluding hydrogens is 428 g/mol. The molecule has 0 spiro atoms. The third kappa shape index (κ3) is 3.71. The van der Waals surface area contributed by atoms with Crippen molar-refractivity contribution in [3.05, 3.63) is 36.8 Å². The smallest absolute Gasteiger partial charge is 0.232 e. The van der Waals surface area contributed by atoms with Gasteiger partial charge in [0.15, 0.2) is 0 Å². The molecular formula is C22H24N6OS2. The van der Waals surface area contributed by atoms with Gasteiger partial charge in [-0.05, 0) is 36.5 Å². The molecule has 4 aromatic rings. The van der Waals surface area contributed by atoms with Crippen molar-refractivity contribution in [1.82, 2.24) is 24.5 Å². The predicted molar refractivity (Wildman–Crippen MR) is 125 cm³/mol. The maximum Gasteiger partial charge on any atom is 0.232 e. The van der Waals surface area contributed by atoms with Gasteiger partial charge in [-0.3, -0.25) is 0 Å². The Kier molecular flexibility index (Phi) is 5.41. The van der Waals surface area contributed by atoms with E-state index in [-0.39, 0.29) is 0 Å². The zero-order valence-electron chi connectivity index (χ0n) is 17.5. The minimum atomic E-state index is -1.13. The molecule has 0 amide bonds. The Hall–Kier alpha value is -2.49. The maximum atomic E-state index is 12.9. The number of nitrogen functional groups attached to an aromatic ring is 1. The molecule has 1 fully saturated rings. The quantitative estimate of drug-likeness (QED) is 0.413. The van der Waals surface area contributed by atoms with E-state index in [1.807, 2.05) is 12.3 Å². The summed E-state index contributed by atoms with van der Waals surface area (Å²) in [6.45, 7) is 2.10. The van der Waals surface area contributed by atoms with Crippen LogP contribution in [0.25, 0.3) is 32.7 Å². The van der Waals surface area contributed by atoms with Crippen LogP contribution in [0, 0.1) is 0 Å². The number of unbranched alkanes of at least 4 members (excludes halogenated alkanes) is 1. The summed E-state index contributed by atoms with van der Waals surface area (Å²) in [6.07, 6.45) is 11.2. The van der Waals surface area contributed by atoms with Gasteiger partial charge in [-0.25, -0.2) is 19.9 Å². The molecule has 0 bridgehead atoms. The first-order chi connectivity index (χ1) is 15.1. The van der Waals surface area contributed by atoms with E-state index in [4.69, 9.17) is 15.7 Å². The molecule has 31 heavy (non-hydrogen) atoms. The van der Waals surface area contributed by atoms with E-state index in [1.165, 1.54) is 30.5 Å². The molecule has 1 aliphatic rings. The highest BCUT2D eigenvalue weighted by atomic mass is 32.2. The fourth-order valence-corrected chi connectivity index (χ4v) is 6.61. The minimum absolute atomic E-state index is 0.537. The summed E-state index contributed by atoms with van der Waals surface area (Å²) in [5.74, 6) is 2.25. The molecule has 0 radical (unpaired) electrons. The SMILES string of the molecule is CCCC[S+]([O-])c1sc2nc(-c3cncnc3)cc(-c3cnc(C4CC4)n3C)c2c1N. The van der Waals surface area contributed by atoms with Gasteiger partial charge in [0.2, 0.25) is 4.21 Å². The van der Waals surface area contributed by atoms with Crippen molar-refractivity contribution >= 4 is 38.4 Å². The van der Waals surface area contributed by atoms with Crippen molar-refractivity contribution < 1.29 is 4.55 Å². The predicted octanol–water partition coefficient (Wildman–Crippen LogP) is 4.52. The molecule has 1 saturated carbocycles. The third-order valence-corrected chi connectivity index (χ3v) is 8.65. The summed E-state index contributed by atoms with van der Waals surface area (Å²) < 4.78 is 15.8. The Labute approximate surface area is 188 Å². The second kappa shape index (κ2) is 8.22. The van der Waals surface area contributed by atoms with Crippen molar-refractivity contribution in [3.63, 3.8) is 0 Å². The van der Waals surface area contributed by atoms with Gasteiger partial charge in [0.05, 0.1) is 17.6 Å².